The fourth-order valence-corrected chi connectivity index (χ4v) is 3.39. The Hall–Kier alpha value is -0.590. The van der Waals surface area contributed by atoms with Gasteiger partial charge in [0.1, 0.15) is 5.54 Å². The second kappa shape index (κ2) is 6.54. The molecule has 0 heterocycles. The maximum Gasteiger partial charge on any atom is 0.108 e. The molecule has 1 rings (SSSR count). The molecule has 0 amide bonds. The molecule has 0 aliphatic heterocycles. The Morgan fingerprint density at radius 2 is 2.06 bits per heavy atom. The molecular weight excluding hydrogens is 222 g/mol. The molecule has 0 bridgehead atoms. The Bertz CT molecular complexity index is 293. The van der Waals surface area contributed by atoms with E-state index in [4.69, 9.17) is 0 Å². The van der Waals surface area contributed by atoms with E-state index in [1.807, 2.05) is 0 Å². The minimum absolute atomic E-state index is 0.306. The summed E-state index contributed by atoms with van der Waals surface area (Å²) < 4.78 is 0. The number of nitriles is 1. The quantitative estimate of drug-likeness (QED) is 0.816. The monoisotopic (exact) mass is 251 g/mol. The summed E-state index contributed by atoms with van der Waals surface area (Å²) in [6.07, 6.45) is 4.35. The van der Waals surface area contributed by atoms with Crippen LogP contribution < -0.4 is 5.32 Å². The molecule has 1 saturated carbocycles. The second-order valence-electron chi connectivity index (χ2n) is 6.17. The molecule has 2 atom stereocenters. The van der Waals surface area contributed by atoms with E-state index in [1.165, 1.54) is 6.42 Å². The van der Waals surface area contributed by atoms with Gasteiger partial charge in [-0.1, -0.05) is 6.92 Å². The lowest BCUT2D eigenvalue weighted by molar-refractivity contribution is 0.0950. The van der Waals surface area contributed by atoms with Gasteiger partial charge in [-0.2, -0.15) is 5.26 Å². The van der Waals surface area contributed by atoms with Crippen molar-refractivity contribution >= 4 is 0 Å². The summed E-state index contributed by atoms with van der Waals surface area (Å²) in [5.74, 6) is 0. The van der Waals surface area contributed by atoms with Gasteiger partial charge in [0.25, 0.3) is 0 Å². The molecule has 0 radical (unpaired) electrons. The zero-order valence-electron chi connectivity index (χ0n) is 12.7. The molecule has 0 aromatic rings. The molecule has 0 aromatic heterocycles. The minimum Gasteiger partial charge on any atom is -0.298 e. The van der Waals surface area contributed by atoms with E-state index in [9.17, 15) is 5.26 Å². The highest BCUT2D eigenvalue weighted by atomic mass is 15.2. The number of hydrogen-bond donors (Lipinski definition) is 1. The summed E-state index contributed by atoms with van der Waals surface area (Å²) in [5, 5.41) is 13.1. The fraction of sp³-hybridized carbons (Fsp3) is 0.933. The zero-order chi connectivity index (χ0) is 13.8. The number of nitrogens with zero attached hydrogens (tertiary/aromatic N) is 2. The highest BCUT2D eigenvalue weighted by molar-refractivity contribution is 5.11. The van der Waals surface area contributed by atoms with Gasteiger partial charge in [0.15, 0.2) is 0 Å². The van der Waals surface area contributed by atoms with Crippen molar-refractivity contribution in [3.63, 3.8) is 0 Å². The predicted molar refractivity (Wildman–Crippen MR) is 76.4 cm³/mol. The van der Waals surface area contributed by atoms with Crippen LogP contribution in [-0.2, 0) is 0 Å². The smallest absolute Gasteiger partial charge is 0.108 e. The first-order chi connectivity index (χ1) is 8.44. The van der Waals surface area contributed by atoms with Gasteiger partial charge in [-0.3, -0.25) is 10.2 Å². The summed E-state index contributed by atoms with van der Waals surface area (Å²) in [6, 6.07) is 4.05. The van der Waals surface area contributed by atoms with Crippen molar-refractivity contribution in [1.82, 2.24) is 10.2 Å². The molecule has 1 fully saturated rings. The fourth-order valence-electron chi connectivity index (χ4n) is 3.39. The van der Waals surface area contributed by atoms with Gasteiger partial charge < -0.3 is 0 Å². The van der Waals surface area contributed by atoms with Gasteiger partial charge in [-0.25, -0.2) is 0 Å². The molecule has 1 aliphatic carbocycles. The maximum atomic E-state index is 9.57. The lowest BCUT2D eigenvalue weighted by Crippen LogP contribution is -2.55. The molecule has 1 aliphatic rings. The van der Waals surface area contributed by atoms with Gasteiger partial charge in [-0.05, 0) is 59.9 Å². The molecular formula is C15H29N3. The van der Waals surface area contributed by atoms with E-state index in [0.717, 1.165) is 25.8 Å². The Balaban J connectivity index is 2.78. The molecule has 0 aromatic carbocycles. The van der Waals surface area contributed by atoms with Crippen LogP contribution in [0.1, 0.15) is 60.3 Å². The Morgan fingerprint density at radius 3 is 2.50 bits per heavy atom. The van der Waals surface area contributed by atoms with Gasteiger partial charge in [0.05, 0.1) is 6.07 Å². The summed E-state index contributed by atoms with van der Waals surface area (Å²) >= 11 is 0. The molecule has 1 N–H and O–H groups in total. The van der Waals surface area contributed by atoms with E-state index < -0.39 is 0 Å². The van der Waals surface area contributed by atoms with Crippen LogP contribution in [0.25, 0.3) is 0 Å². The maximum absolute atomic E-state index is 9.57. The highest BCUT2D eigenvalue weighted by Gasteiger charge is 2.39. The van der Waals surface area contributed by atoms with E-state index in [2.05, 4.69) is 50.9 Å². The third kappa shape index (κ3) is 3.70. The van der Waals surface area contributed by atoms with E-state index in [1.54, 1.807) is 0 Å². The predicted octanol–water partition coefficient (Wildman–Crippen LogP) is 2.92. The van der Waals surface area contributed by atoms with Gasteiger partial charge >= 0.3 is 0 Å². The van der Waals surface area contributed by atoms with Gasteiger partial charge in [-0.15, -0.1) is 0 Å². The zero-order valence-corrected chi connectivity index (χ0v) is 12.7. The number of rotatable bonds is 5. The molecule has 3 nitrogen and oxygen atoms in total. The van der Waals surface area contributed by atoms with Crippen LogP contribution in [0.2, 0.25) is 0 Å². The van der Waals surface area contributed by atoms with Crippen molar-refractivity contribution in [1.29, 1.82) is 5.26 Å². The van der Waals surface area contributed by atoms with E-state index in [0.29, 0.717) is 18.1 Å². The number of hydrogen-bond acceptors (Lipinski definition) is 3. The van der Waals surface area contributed by atoms with Crippen molar-refractivity contribution in [3.8, 4) is 6.07 Å². The summed E-state index contributed by atoms with van der Waals surface area (Å²) in [4.78, 5) is 2.53. The molecule has 104 valence electrons. The first-order valence-electron chi connectivity index (χ1n) is 7.39. The van der Waals surface area contributed by atoms with Crippen LogP contribution in [-0.4, -0.2) is 35.1 Å². The largest absolute Gasteiger partial charge is 0.298 e. The lowest BCUT2D eigenvalue weighted by Gasteiger charge is -2.43. The lowest BCUT2D eigenvalue weighted by atomic mass is 9.78. The summed E-state index contributed by atoms with van der Waals surface area (Å²) in [7, 11) is 0. The van der Waals surface area contributed by atoms with Crippen LogP contribution >= 0.6 is 0 Å². The standard InChI is InChI=1S/C15H29N3/c1-6-18(13(4)5)14-8-7-9-15(10-14,11-16)17-12(2)3/h12-14,17H,6-10H2,1-5H3. The second-order valence-corrected chi connectivity index (χ2v) is 6.17. The van der Waals surface area contributed by atoms with E-state index >= 15 is 0 Å². The topological polar surface area (TPSA) is 39.1 Å². The third-order valence-corrected chi connectivity index (χ3v) is 4.00. The van der Waals surface area contributed by atoms with Crippen molar-refractivity contribution in [3.05, 3.63) is 0 Å². The Morgan fingerprint density at radius 1 is 1.39 bits per heavy atom. The Labute approximate surface area is 113 Å². The van der Waals surface area contributed by atoms with Gasteiger partial charge in [0.2, 0.25) is 0 Å². The van der Waals surface area contributed by atoms with Crippen molar-refractivity contribution < 1.29 is 0 Å². The van der Waals surface area contributed by atoms with Crippen LogP contribution in [0.15, 0.2) is 0 Å². The summed E-state index contributed by atoms with van der Waals surface area (Å²) in [6.45, 7) is 12.1. The Kier molecular flexibility index (Phi) is 5.62. The first-order valence-corrected chi connectivity index (χ1v) is 7.39. The molecule has 18 heavy (non-hydrogen) atoms. The SMILES string of the molecule is CCN(C(C)C)C1CCCC(C#N)(NC(C)C)C1. The molecule has 0 saturated heterocycles. The minimum atomic E-state index is -0.306. The average Bonchev–Trinajstić information content (AvgIpc) is 2.29. The van der Waals surface area contributed by atoms with E-state index in [-0.39, 0.29) is 5.54 Å². The number of nitrogens with one attached hydrogen (secondary N) is 1. The summed E-state index contributed by atoms with van der Waals surface area (Å²) in [5.41, 5.74) is -0.306. The third-order valence-electron chi connectivity index (χ3n) is 4.00. The van der Waals surface area contributed by atoms with Crippen LogP contribution in [0, 0.1) is 11.3 Å². The van der Waals surface area contributed by atoms with Crippen LogP contribution in [0.5, 0.6) is 0 Å². The molecule has 2 unspecified atom stereocenters. The normalized spacial score (nSPS) is 28.9. The molecule has 3 heteroatoms. The van der Waals surface area contributed by atoms with Crippen molar-refractivity contribution in [2.75, 3.05) is 6.54 Å². The van der Waals surface area contributed by atoms with Crippen LogP contribution in [0.4, 0.5) is 0 Å². The highest BCUT2D eigenvalue weighted by Crippen LogP contribution is 2.32. The first kappa shape index (κ1) is 15.5. The van der Waals surface area contributed by atoms with Crippen molar-refractivity contribution in [2.24, 2.45) is 0 Å². The van der Waals surface area contributed by atoms with Gasteiger partial charge in [0, 0.05) is 18.1 Å². The average molecular weight is 251 g/mol. The van der Waals surface area contributed by atoms with Crippen molar-refractivity contribution in [2.45, 2.75) is 84.0 Å². The van der Waals surface area contributed by atoms with Crippen LogP contribution in [0.3, 0.4) is 0 Å². The molecule has 0 spiro atoms.